The summed E-state index contributed by atoms with van der Waals surface area (Å²) in [5, 5.41) is 2.11. The second-order valence-corrected chi connectivity index (χ2v) is 11.3. The number of hydrogen-bond acceptors (Lipinski definition) is 5. The zero-order chi connectivity index (χ0) is 25.1. The molecule has 0 fully saturated rings. The molecule has 0 radical (unpaired) electrons. The van der Waals surface area contributed by atoms with Gasteiger partial charge in [-0.05, 0) is 78.3 Å². The zero-order valence-corrected chi connectivity index (χ0v) is 22.3. The number of hydrogen-bond donors (Lipinski definition) is 0. The first-order valence-corrected chi connectivity index (χ1v) is 13.3. The largest absolute Gasteiger partial charge is 0.437 e. The van der Waals surface area contributed by atoms with Crippen LogP contribution in [0.5, 0.6) is 0 Å². The number of benzene rings is 2. The minimum atomic E-state index is 0.428. The van der Waals surface area contributed by atoms with Crippen molar-refractivity contribution in [1.29, 1.82) is 0 Å². The number of nitrogens with zero attached hydrogens (tertiary/aromatic N) is 3. The Morgan fingerprint density at radius 2 is 1.58 bits per heavy atom. The summed E-state index contributed by atoms with van der Waals surface area (Å²) >= 11 is 1.78. The minimum absolute atomic E-state index is 0.428. The van der Waals surface area contributed by atoms with E-state index in [4.69, 9.17) is 9.40 Å². The average molecular weight is 492 g/mol. The smallest absolute Gasteiger partial charge is 0.227 e. The molecule has 4 nitrogen and oxygen atoms in total. The van der Waals surface area contributed by atoms with E-state index in [0.29, 0.717) is 17.5 Å². The molecule has 6 aromatic rings. The molecular weight excluding hydrogens is 462 g/mol. The van der Waals surface area contributed by atoms with Gasteiger partial charge in [-0.2, -0.15) is 0 Å². The van der Waals surface area contributed by atoms with E-state index >= 15 is 0 Å². The number of furan rings is 1. The Kier molecular flexibility index (Phi) is 5.41. The molecule has 0 aliphatic heterocycles. The fourth-order valence-electron chi connectivity index (χ4n) is 5.18. The van der Waals surface area contributed by atoms with Crippen LogP contribution in [0, 0.1) is 13.8 Å². The second kappa shape index (κ2) is 8.52. The highest BCUT2D eigenvalue weighted by Gasteiger charge is 2.21. The summed E-state index contributed by atoms with van der Waals surface area (Å²) in [7, 11) is 0. The summed E-state index contributed by atoms with van der Waals surface area (Å²) in [5.74, 6) is 0.856. The number of aromatic nitrogens is 3. The van der Waals surface area contributed by atoms with Crippen molar-refractivity contribution in [3.05, 3.63) is 77.2 Å². The van der Waals surface area contributed by atoms with Crippen molar-refractivity contribution >= 4 is 43.6 Å². The number of aryl methyl sites for hydroxylation is 2. The lowest BCUT2D eigenvalue weighted by Gasteiger charge is -2.18. The Balaban J connectivity index is 1.63. The van der Waals surface area contributed by atoms with E-state index in [2.05, 4.69) is 87.1 Å². The SMILES string of the molecule is Cc1cc(-c2ncnc3cc(-c4c(C(C)C)cccc4C(C)C)sc23)c2oc3nc(C)ccc3c2c1. The van der Waals surface area contributed by atoms with Gasteiger partial charge in [0, 0.05) is 26.9 Å². The number of pyridine rings is 1. The van der Waals surface area contributed by atoms with E-state index in [1.807, 2.05) is 13.0 Å². The van der Waals surface area contributed by atoms with Crippen LogP contribution >= 0.6 is 11.3 Å². The number of thiophene rings is 1. The van der Waals surface area contributed by atoms with Gasteiger partial charge in [0.05, 0.1) is 15.9 Å². The summed E-state index contributed by atoms with van der Waals surface area (Å²) in [6.07, 6.45) is 1.67. The maximum atomic E-state index is 6.35. The molecule has 0 amide bonds. The van der Waals surface area contributed by atoms with Crippen molar-refractivity contribution in [2.24, 2.45) is 0 Å². The van der Waals surface area contributed by atoms with Crippen molar-refractivity contribution in [3.63, 3.8) is 0 Å². The highest BCUT2D eigenvalue weighted by molar-refractivity contribution is 7.22. The van der Waals surface area contributed by atoms with E-state index in [1.165, 1.54) is 21.6 Å². The first-order valence-electron chi connectivity index (χ1n) is 12.5. The molecule has 6 rings (SSSR count). The quantitative estimate of drug-likeness (QED) is 0.247. The maximum Gasteiger partial charge on any atom is 0.227 e. The molecule has 0 saturated carbocycles. The van der Waals surface area contributed by atoms with Gasteiger partial charge in [0.2, 0.25) is 5.71 Å². The van der Waals surface area contributed by atoms with Crippen LogP contribution in [0.25, 0.3) is 54.0 Å². The Hall–Kier alpha value is -3.57. The van der Waals surface area contributed by atoms with Crippen molar-refractivity contribution in [1.82, 2.24) is 15.0 Å². The lowest BCUT2D eigenvalue weighted by molar-refractivity contribution is 0.653. The molecule has 0 spiro atoms. The lowest BCUT2D eigenvalue weighted by Crippen LogP contribution is -1.98. The molecule has 36 heavy (non-hydrogen) atoms. The van der Waals surface area contributed by atoms with Gasteiger partial charge in [0.1, 0.15) is 11.9 Å². The van der Waals surface area contributed by atoms with Crippen LogP contribution in [0.2, 0.25) is 0 Å². The van der Waals surface area contributed by atoms with Gasteiger partial charge in [-0.3, -0.25) is 0 Å². The van der Waals surface area contributed by atoms with Crippen LogP contribution in [0.3, 0.4) is 0 Å². The van der Waals surface area contributed by atoms with Crippen LogP contribution in [0.4, 0.5) is 0 Å². The van der Waals surface area contributed by atoms with Gasteiger partial charge in [0.15, 0.2) is 0 Å². The molecule has 0 aliphatic carbocycles. The normalized spacial score (nSPS) is 12.1. The van der Waals surface area contributed by atoms with Gasteiger partial charge < -0.3 is 4.42 Å². The molecule has 4 aromatic heterocycles. The third-order valence-electron chi connectivity index (χ3n) is 6.91. The highest BCUT2D eigenvalue weighted by atomic mass is 32.1. The summed E-state index contributed by atoms with van der Waals surface area (Å²) in [4.78, 5) is 15.4. The monoisotopic (exact) mass is 491 g/mol. The maximum absolute atomic E-state index is 6.35. The third-order valence-corrected chi connectivity index (χ3v) is 8.06. The molecule has 5 heteroatoms. The molecule has 0 bridgehead atoms. The van der Waals surface area contributed by atoms with Crippen molar-refractivity contribution in [3.8, 4) is 21.7 Å². The number of fused-ring (bicyclic) bond motifs is 4. The Labute approximate surface area is 215 Å². The van der Waals surface area contributed by atoms with E-state index < -0.39 is 0 Å². The third kappa shape index (κ3) is 3.61. The fraction of sp³-hybridized carbons (Fsp3) is 0.258. The highest BCUT2D eigenvalue weighted by Crippen LogP contribution is 2.45. The summed E-state index contributed by atoms with van der Waals surface area (Å²) in [6, 6.07) is 17.4. The summed E-state index contributed by atoms with van der Waals surface area (Å²) in [5.41, 5.74) is 10.6. The van der Waals surface area contributed by atoms with Crippen LogP contribution in [-0.2, 0) is 0 Å². The molecular formula is C31H29N3OS. The molecule has 0 unspecified atom stereocenters. The van der Waals surface area contributed by atoms with Gasteiger partial charge in [-0.1, -0.05) is 45.9 Å². The van der Waals surface area contributed by atoms with E-state index in [0.717, 1.165) is 49.1 Å². The molecule has 180 valence electrons. The van der Waals surface area contributed by atoms with E-state index in [9.17, 15) is 0 Å². The Morgan fingerprint density at radius 1 is 0.833 bits per heavy atom. The molecule has 0 N–H and O–H groups in total. The molecule has 0 saturated heterocycles. The fourth-order valence-corrected chi connectivity index (χ4v) is 6.38. The van der Waals surface area contributed by atoms with E-state index in [1.54, 1.807) is 17.7 Å². The van der Waals surface area contributed by atoms with Crippen LogP contribution in [0.15, 0.2) is 59.3 Å². The summed E-state index contributed by atoms with van der Waals surface area (Å²) in [6.45, 7) is 13.2. The molecule has 4 heterocycles. The van der Waals surface area contributed by atoms with Gasteiger partial charge in [-0.15, -0.1) is 11.3 Å². The standard InChI is InChI=1S/C31H29N3OS/c1-16(2)20-8-7-9-21(17(3)4)27(20)26-14-25-30(36-26)28(33-15-32-25)24-13-18(5)12-23-22-11-10-19(6)34-31(22)35-29(23)24/h7-17H,1-6H3. The molecule has 0 atom stereocenters. The molecule has 0 aliphatic rings. The lowest BCUT2D eigenvalue weighted by atomic mass is 9.88. The zero-order valence-electron chi connectivity index (χ0n) is 21.5. The van der Waals surface area contributed by atoms with E-state index in [-0.39, 0.29) is 0 Å². The van der Waals surface area contributed by atoms with Crippen LogP contribution in [0.1, 0.15) is 61.9 Å². The molecule has 2 aromatic carbocycles. The Bertz CT molecular complexity index is 1750. The Morgan fingerprint density at radius 3 is 2.31 bits per heavy atom. The van der Waals surface area contributed by atoms with Crippen molar-refractivity contribution < 1.29 is 4.42 Å². The summed E-state index contributed by atoms with van der Waals surface area (Å²) < 4.78 is 7.43. The van der Waals surface area contributed by atoms with Crippen LogP contribution < -0.4 is 0 Å². The van der Waals surface area contributed by atoms with Crippen molar-refractivity contribution in [2.45, 2.75) is 53.4 Å². The average Bonchev–Trinajstić information content (AvgIpc) is 3.44. The minimum Gasteiger partial charge on any atom is -0.437 e. The first kappa shape index (κ1) is 22.9. The van der Waals surface area contributed by atoms with Gasteiger partial charge in [0.25, 0.3) is 0 Å². The predicted octanol–water partition coefficient (Wildman–Crippen LogP) is 9.18. The number of rotatable bonds is 4. The van der Waals surface area contributed by atoms with Gasteiger partial charge in [-0.25, -0.2) is 15.0 Å². The van der Waals surface area contributed by atoms with Crippen LogP contribution in [-0.4, -0.2) is 15.0 Å². The predicted molar refractivity (Wildman–Crippen MR) is 151 cm³/mol. The first-order chi connectivity index (χ1) is 17.3. The topological polar surface area (TPSA) is 51.8 Å². The second-order valence-electron chi connectivity index (χ2n) is 10.3. The van der Waals surface area contributed by atoms with Crippen molar-refractivity contribution in [2.75, 3.05) is 0 Å². The van der Waals surface area contributed by atoms with Gasteiger partial charge >= 0.3 is 0 Å².